The molecule has 1 amide bonds. The largest absolute Gasteiger partial charge is 0.459 e. The standard InChI is InChI=1S/C27H32N2O3/c1-18-12-19(2)14-20(13-18)17-32-27(31)25(29-26(30)21-8-4-3-5-9-21)15-22-16-28-24-11-7-6-10-23(22)24/h6-7,10-14,16,21,25,28H,3-5,8-9,15,17H2,1-2H3,(H,29,30). The molecule has 0 bridgehead atoms. The van der Waals surface area contributed by atoms with Gasteiger partial charge in [-0.25, -0.2) is 4.79 Å². The zero-order valence-electron chi connectivity index (χ0n) is 18.9. The summed E-state index contributed by atoms with van der Waals surface area (Å²) in [6.07, 6.45) is 7.42. The summed E-state index contributed by atoms with van der Waals surface area (Å²) in [5.74, 6) is -0.432. The van der Waals surface area contributed by atoms with Gasteiger partial charge < -0.3 is 15.0 Å². The quantitative estimate of drug-likeness (QED) is 0.508. The third-order valence-corrected chi connectivity index (χ3v) is 6.34. The number of nitrogens with one attached hydrogen (secondary N) is 2. The Kier molecular flexibility index (Phi) is 6.93. The van der Waals surface area contributed by atoms with E-state index in [-0.39, 0.29) is 18.4 Å². The van der Waals surface area contributed by atoms with Crippen LogP contribution in [-0.4, -0.2) is 22.9 Å². The van der Waals surface area contributed by atoms with Crippen molar-refractivity contribution in [1.82, 2.24) is 10.3 Å². The Morgan fingerprint density at radius 3 is 2.53 bits per heavy atom. The average molecular weight is 433 g/mol. The molecule has 0 saturated heterocycles. The number of esters is 1. The van der Waals surface area contributed by atoms with E-state index in [1.165, 1.54) is 6.42 Å². The van der Waals surface area contributed by atoms with E-state index in [9.17, 15) is 9.59 Å². The van der Waals surface area contributed by atoms with Crippen molar-refractivity contribution in [1.29, 1.82) is 0 Å². The van der Waals surface area contributed by atoms with Gasteiger partial charge in [-0.05, 0) is 43.9 Å². The van der Waals surface area contributed by atoms with Gasteiger partial charge in [-0.2, -0.15) is 0 Å². The zero-order valence-corrected chi connectivity index (χ0v) is 18.9. The Hall–Kier alpha value is -3.08. The van der Waals surface area contributed by atoms with Crippen LogP contribution in [0.3, 0.4) is 0 Å². The first-order chi connectivity index (χ1) is 15.5. The molecule has 0 spiro atoms. The number of carbonyl (C=O) groups excluding carboxylic acids is 2. The van der Waals surface area contributed by atoms with Crippen molar-refractivity contribution in [3.05, 3.63) is 70.9 Å². The van der Waals surface area contributed by atoms with E-state index in [2.05, 4.69) is 16.4 Å². The van der Waals surface area contributed by atoms with E-state index >= 15 is 0 Å². The molecule has 4 rings (SSSR count). The van der Waals surface area contributed by atoms with E-state index < -0.39 is 12.0 Å². The molecule has 32 heavy (non-hydrogen) atoms. The topological polar surface area (TPSA) is 71.2 Å². The highest BCUT2D eigenvalue weighted by Crippen LogP contribution is 2.25. The second-order valence-electron chi connectivity index (χ2n) is 9.06. The molecule has 1 fully saturated rings. The molecule has 0 radical (unpaired) electrons. The molecular formula is C27H32N2O3. The summed E-state index contributed by atoms with van der Waals surface area (Å²) >= 11 is 0. The maximum Gasteiger partial charge on any atom is 0.329 e. The summed E-state index contributed by atoms with van der Waals surface area (Å²) in [6, 6.07) is 13.4. The lowest BCUT2D eigenvalue weighted by Crippen LogP contribution is -2.46. The highest BCUT2D eigenvalue weighted by atomic mass is 16.5. The monoisotopic (exact) mass is 432 g/mol. The molecule has 1 aliphatic rings. The summed E-state index contributed by atoms with van der Waals surface area (Å²) in [7, 11) is 0. The fourth-order valence-electron chi connectivity index (χ4n) is 4.78. The third kappa shape index (κ3) is 5.39. The number of amides is 1. The SMILES string of the molecule is Cc1cc(C)cc(COC(=O)C(Cc2c[nH]c3ccccc23)NC(=O)C2CCCCC2)c1. The van der Waals surface area contributed by atoms with Gasteiger partial charge in [0, 0.05) is 29.4 Å². The molecule has 1 heterocycles. The van der Waals surface area contributed by atoms with Crippen molar-refractivity contribution in [2.45, 2.75) is 65.0 Å². The van der Waals surface area contributed by atoms with Crippen LogP contribution in [0, 0.1) is 19.8 Å². The lowest BCUT2D eigenvalue weighted by atomic mass is 9.88. The van der Waals surface area contributed by atoms with Gasteiger partial charge >= 0.3 is 5.97 Å². The van der Waals surface area contributed by atoms with Crippen LogP contribution in [0.25, 0.3) is 10.9 Å². The van der Waals surface area contributed by atoms with Crippen molar-refractivity contribution >= 4 is 22.8 Å². The summed E-state index contributed by atoms with van der Waals surface area (Å²) in [5, 5.41) is 4.08. The fourth-order valence-corrected chi connectivity index (χ4v) is 4.78. The smallest absolute Gasteiger partial charge is 0.329 e. The van der Waals surface area contributed by atoms with E-state index in [0.717, 1.165) is 58.8 Å². The van der Waals surface area contributed by atoms with Crippen molar-refractivity contribution in [3.8, 4) is 0 Å². The van der Waals surface area contributed by atoms with E-state index in [1.54, 1.807) is 0 Å². The van der Waals surface area contributed by atoms with Crippen LogP contribution in [0.2, 0.25) is 0 Å². The molecule has 1 aromatic heterocycles. The number of hydrogen-bond donors (Lipinski definition) is 2. The second-order valence-corrected chi connectivity index (χ2v) is 9.06. The highest BCUT2D eigenvalue weighted by molar-refractivity contribution is 5.88. The first-order valence-corrected chi connectivity index (χ1v) is 11.6. The Labute approximate surface area is 189 Å². The molecule has 1 unspecified atom stereocenters. The number of rotatable bonds is 7. The van der Waals surface area contributed by atoms with Gasteiger partial charge in [-0.3, -0.25) is 4.79 Å². The van der Waals surface area contributed by atoms with Gasteiger partial charge in [0.15, 0.2) is 0 Å². The Morgan fingerprint density at radius 1 is 1.06 bits per heavy atom. The summed E-state index contributed by atoms with van der Waals surface area (Å²) in [5.41, 5.74) is 5.25. The van der Waals surface area contributed by atoms with Gasteiger partial charge in [-0.1, -0.05) is 66.8 Å². The second kappa shape index (κ2) is 10.0. The normalized spacial score (nSPS) is 15.4. The fraction of sp³-hybridized carbons (Fsp3) is 0.407. The molecule has 2 aromatic carbocycles. The van der Waals surface area contributed by atoms with Crippen molar-refractivity contribution < 1.29 is 14.3 Å². The van der Waals surface area contributed by atoms with Crippen LogP contribution in [-0.2, 0) is 27.4 Å². The molecule has 5 heteroatoms. The number of H-pyrrole nitrogens is 1. The maximum atomic E-state index is 13.1. The first-order valence-electron chi connectivity index (χ1n) is 11.6. The summed E-state index contributed by atoms with van der Waals surface area (Å²) < 4.78 is 5.69. The van der Waals surface area contributed by atoms with E-state index in [0.29, 0.717) is 6.42 Å². The van der Waals surface area contributed by atoms with Crippen LogP contribution in [0.4, 0.5) is 0 Å². The number of aromatic nitrogens is 1. The average Bonchev–Trinajstić information content (AvgIpc) is 3.20. The number of ether oxygens (including phenoxy) is 1. The van der Waals surface area contributed by atoms with Crippen molar-refractivity contribution in [2.24, 2.45) is 5.92 Å². The highest BCUT2D eigenvalue weighted by Gasteiger charge is 2.28. The number of aryl methyl sites for hydroxylation is 2. The van der Waals surface area contributed by atoms with Crippen LogP contribution in [0.15, 0.2) is 48.7 Å². The van der Waals surface area contributed by atoms with Gasteiger partial charge in [-0.15, -0.1) is 0 Å². The number of aromatic amines is 1. The summed E-state index contributed by atoms with van der Waals surface area (Å²) in [6.45, 7) is 4.26. The van der Waals surface area contributed by atoms with E-state index in [1.807, 2.05) is 56.4 Å². The van der Waals surface area contributed by atoms with Crippen molar-refractivity contribution in [2.75, 3.05) is 0 Å². The predicted molar refractivity (Wildman–Crippen MR) is 126 cm³/mol. The number of hydrogen-bond acceptors (Lipinski definition) is 3. The van der Waals surface area contributed by atoms with Crippen LogP contribution >= 0.6 is 0 Å². The molecule has 1 atom stereocenters. The third-order valence-electron chi connectivity index (χ3n) is 6.34. The minimum absolute atomic E-state index is 0.0126. The van der Waals surface area contributed by atoms with Gasteiger partial charge in [0.25, 0.3) is 0 Å². The van der Waals surface area contributed by atoms with E-state index in [4.69, 9.17) is 4.74 Å². The minimum Gasteiger partial charge on any atom is -0.459 e. The molecule has 1 saturated carbocycles. The number of fused-ring (bicyclic) bond motifs is 1. The van der Waals surface area contributed by atoms with Crippen LogP contribution < -0.4 is 5.32 Å². The molecule has 2 N–H and O–H groups in total. The predicted octanol–water partition coefficient (Wildman–Crippen LogP) is 5.14. The van der Waals surface area contributed by atoms with Crippen molar-refractivity contribution in [3.63, 3.8) is 0 Å². The summed E-state index contributed by atoms with van der Waals surface area (Å²) in [4.78, 5) is 29.3. The van der Waals surface area contributed by atoms with Gasteiger partial charge in [0.1, 0.15) is 12.6 Å². The van der Waals surface area contributed by atoms with Gasteiger partial charge in [0.05, 0.1) is 0 Å². The molecule has 0 aliphatic heterocycles. The molecular weight excluding hydrogens is 400 g/mol. The molecule has 5 nitrogen and oxygen atoms in total. The maximum absolute atomic E-state index is 13.1. The molecule has 1 aliphatic carbocycles. The van der Waals surface area contributed by atoms with Crippen LogP contribution in [0.1, 0.15) is 54.4 Å². The number of carbonyl (C=O) groups is 2. The molecule has 3 aromatic rings. The van der Waals surface area contributed by atoms with Crippen LogP contribution in [0.5, 0.6) is 0 Å². The van der Waals surface area contributed by atoms with Gasteiger partial charge in [0.2, 0.25) is 5.91 Å². The lowest BCUT2D eigenvalue weighted by molar-refractivity contribution is -0.149. The molecule has 168 valence electrons. The number of benzene rings is 2. The Morgan fingerprint density at radius 2 is 1.78 bits per heavy atom. The zero-order chi connectivity index (χ0) is 22.5. The Bertz CT molecular complexity index is 1070. The lowest BCUT2D eigenvalue weighted by Gasteiger charge is -2.24. The number of para-hydroxylation sites is 1. The first kappa shape index (κ1) is 22.1. The Balaban J connectivity index is 1.50. The minimum atomic E-state index is -0.713.